The van der Waals surface area contributed by atoms with Crippen LogP contribution in [0.5, 0.6) is 0 Å². The molecular formula is C15H8BrF3N2. The Kier molecular flexibility index (Phi) is 3.41. The molecule has 2 aromatic carbocycles. The SMILES string of the molecule is FC(F)(F)c1ccc2cnc(-c3cccc(Br)c3)nc2c1. The summed E-state index contributed by atoms with van der Waals surface area (Å²) in [6.07, 6.45) is -2.85. The number of aromatic nitrogens is 2. The summed E-state index contributed by atoms with van der Waals surface area (Å²) in [7, 11) is 0. The van der Waals surface area contributed by atoms with Crippen LogP contribution in [0, 0.1) is 0 Å². The van der Waals surface area contributed by atoms with E-state index >= 15 is 0 Å². The molecule has 0 aliphatic carbocycles. The van der Waals surface area contributed by atoms with Crippen molar-refractivity contribution in [2.75, 3.05) is 0 Å². The molecule has 0 N–H and O–H groups in total. The minimum atomic E-state index is -4.38. The monoisotopic (exact) mass is 352 g/mol. The van der Waals surface area contributed by atoms with Crippen molar-refractivity contribution in [3.05, 3.63) is 58.7 Å². The number of hydrogen-bond acceptors (Lipinski definition) is 2. The fraction of sp³-hybridized carbons (Fsp3) is 0.0667. The fourth-order valence-corrected chi connectivity index (χ4v) is 2.37. The van der Waals surface area contributed by atoms with E-state index in [1.54, 1.807) is 6.07 Å². The maximum absolute atomic E-state index is 12.7. The first-order valence-electron chi connectivity index (χ1n) is 6.03. The number of benzene rings is 2. The van der Waals surface area contributed by atoms with Crippen LogP contribution in [0.1, 0.15) is 5.56 Å². The van der Waals surface area contributed by atoms with Crippen LogP contribution in [0.25, 0.3) is 22.3 Å². The highest BCUT2D eigenvalue weighted by molar-refractivity contribution is 9.10. The topological polar surface area (TPSA) is 25.8 Å². The van der Waals surface area contributed by atoms with E-state index < -0.39 is 11.7 Å². The van der Waals surface area contributed by atoms with Crippen LogP contribution in [0.15, 0.2) is 53.1 Å². The second kappa shape index (κ2) is 5.11. The summed E-state index contributed by atoms with van der Waals surface area (Å²) in [5, 5.41) is 0.571. The Morgan fingerprint density at radius 3 is 2.52 bits per heavy atom. The molecule has 3 aromatic rings. The summed E-state index contributed by atoms with van der Waals surface area (Å²) in [6, 6.07) is 10.7. The highest BCUT2D eigenvalue weighted by atomic mass is 79.9. The predicted molar refractivity (Wildman–Crippen MR) is 77.7 cm³/mol. The molecule has 1 heterocycles. The van der Waals surface area contributed by atoms with Crippen LogP contribution in [0.3, 0.4) is 0 Å². The van der Waals surface area contributed by atoms with Crippen LogP contribution in [0.4, 0.5) is 13.2 Å². The van der Waals surface area contributed by atoms with Gasteiger partial charge >= 0.3 is 6.18 Å². The van der Waals surface area contributed by atoms with Gasteiger partial charge in [0.1, 0.15) is 0 Å². The Hall–Kier alpha value is -1.95. The lowest BCUT2D eigenvalue weighted by Crippen LogP contribution is -2.04. The molecule has 0 amide bonds. The third-order valence-electron chi connectivity index (χ3n) is 2.99. The molecule has 0 spiro atoms. The van der Waals surface area contributed by atoms with E-state index in [2.05, 4.69) is 25.9 Å². The zero-order valence-corrected chi connectivity index (χ0v) is 12.1. The van der Waals surface area contributed by atoms with Gasteiger partial charge in [0.2, 0.25) is 0 Å². The van der Waals surface area contributed by atoms with Gasteiger partial charge in [-0.05, 0) is 24.3 Å². The first-order valence-corrected chi connectivity index (χ1v) is 6.83. The van der Waals surface area contributed by atoms with Crippen molar-refractivity contribution in [1.82, 2.24) is 9.97 Å². The highest BCUT2D eigenvalue weighted by Crippen LogP contribution is 2.31. The molecule has 0 bridgehead atoms. The third kappa shape index (κ3) is 2.90. The summed E-state index contributed by atoms with van der Waals surface area (Å²) in [6.45, 7) is 0. The molecule has 0 saturated heterocycles. The Bertz CT molecular complexity index is 815. The average Bonchev–Trinajstić information content (AvgIpc) is 2.45. The number of hydrogen-bond donors (Lipinski definition) is 0. The van der Waals surface area contributed by atoms with Crippen LogP contribution in [0.2, 0.25) is 0 Å². The molecule has 0 radical (unpaired) electrons. The van der Waals surface area contributed by atoms with E-state index in [0.29, 0.717) is 11.2 Å². The molecule has 0 atom stereocenters. The fourth-order valence-electron chi connectivity index (χ4n) is 1.97. The molecule has 106 valence electrons. The summed E-state index contributed by atoms with van der Waals surface area (Å²) >= 11 is 3.34. The molecule has 0 aliphatic rings. The Morgan fingerprint density at radius 2 is 1.81 bits per heavy atom. The van der Waals surface area contributed by atoms with Gasteiger partial charge in [-0.3, -0.25) is 0 Å². The molecule has 0 unspecified atom stereocenters. The average molecular weight is 353 g/mol. The van der Waals surface area contributed by atoms with E-state index in [0.717, 1.165) is 22.2 Å². The number of nitrogens with zero attached hydrogens (tertiary/aromatic N) is 2. The smallest absolute Gasteiger partial charge is 0.236 e. The van der Waals surface area contributed by atoms with Crippen molar-refractivity contribution in [1.29, 1.82) is 0 Å². The Labute approximate surface area is 126 Å². The van der Waals surface area contributed by atoms with Gasteiger partial charge in [-0.15, -0.1) is 0 Å². The summed E-state index contributed by atoms with van der Waals surface area (Å²) in [5.41, 5.74) is 0.298. The minimum Gasteiger partial charge on any atom is -0.236 e. The first kappa shape index (κ1) is 14.0. The van der Waals surface area contributed by atoms with Crippen molar-refractivity contribution < 1.29 is 13.2 Å². The van der Waals surface area contributed by atoms with Gasteiger partial charge in [0, 0.05) is 21.6 Å². The zero-order valence-electron chi connectivity index (χ0n) is 10.5. The Morgan fingerprint density at radius 1 is 1.00 bits per heavy atom. The van der Waals surface area contributed by atoms with E-state index in [1.165, 1.54) is 12.3 Å². The maximum atomic E-state index is 12.7. The number of halogens is 4. The van der Waals surface area contributed by atoms with Crippen molar-refractivity contribution >= 4 is 26.8 Å². The lowest BCUT2D eigenvalue weighted by molar-refractivity contribution is -0.137. The minimum absolute atomic E-state index is 0.273. The summed E-state index contributed by atoms with van der Waals surface area (Å²) < 4.78 is 39.1. The first-order chi connectivity index (χ1) is 9.93. The van der Waals surface area contributed by atoms with Crippen molar-refractivity contribution in [2.24, 2.45) is 0 Å². The predicted octanol–water partition coefficient (Wildman–Crippen LogP) is 5.08. The molecular weight excluding hydrogens is 345 g/mol. The van der Waals surface area contributed by atoms with E-state index in [-0.39, 0.29) is 5.52 Å². The van der Waals surface area contributed by atoms with Gasteiger partial charge in [-0.1, -0.05) is 34.1 Å². The number of fused-ring (bicyclic) bond motifs is 1. The Balaban J connectivity index is 2.14. The quantitative estimate of drug-likeness (QED) is 0.610. The van der Waals surface area contributed by atoms with Crippen LogP contribution in [-0.4, -0.2) is 9.97 Å². The van der Waals surface area contributed by atoms with Crippen molar-refractivity contribution in [3.63, 3.8) is 0 Å². The largest absolute Gasteiger partial charge is 0.416 e. The van der Waals surface area contributed by atoms with Gasteiger partial charge in [0.05, 0.1) is 11.1 Å². The molecule has 3 rings (SSSR count). The van der Waals surface area contributed by atoms with Gasteiger partial charge in [-0.25, -0.2) is 9.97 Å². The van der Waals surface area contributed by atoms with Gasteiger partial charge in [0.15, 0.2) is 5.82 Å². The number of rotatable bonds is 1. The van der Waals surface area contributed by atoms with E-state index in [4.69, 9.17) is 0 Å². The molecule has 0 fully saturated rings. The number of alkyl halides is 3. The molecule has 1 aromatic heterocycles. The van der Waals surface area contributed by atoms with Crippen LogP contribution in [-0.2, 0) is 6.18 Å². The second-order valence-corrected chi connectivity index (χ2v) is 5.39. The molecule has 2 nitrogen and oxygen atoms in total. The lowest BCUT2D eigenvalue weighted by atomic mass is 10.1. The van der Waals surface area contributed by atoms with Crippen molar-refractivity contribution in [2.45, 2.75) is 6.18 Å². The van der Waals surface area contributed by atoms with Gasteiger partial charge < -0.3 is 0 Å². The molecule has 6 heteroatoms. The normalized spacial score (nSPS) is 11.8. The summed E-state index contributed by atoms with van der Waals surface area (Å²) in [4.78, 5) is 8.43. The van der Waals surface area contributed by atoms with E-state index in [1.807, 2.05) is 18.2 Å². The highest BCUT2D eigenvalue weighted by Gasteiger charge is 2.30. The standard InChI is InChI=1S/C15H8BrF3N2/c16-12-3-1-2-9(6-12)14-20-8-10-4-5-11(15(17,18)19)7-13(10)21-14/h1-8H. The maximum Gasteiger partial charge on any atom is 0.416 e. The third-order valence-corrected chi connectivity index (χ3v) is 3.49. The van der Waals surface area contributed by atoms with Gasteiger partial charge in [-0.2, -0.15) is 13.2 Å². The molecule has 21 heavy (non-hydrogen) atoms. The molecule has 0 saturated carbocycles. The van der Waals surface area contributed by atoms with Crippen LogP contribution >= 0.6 is 15.9 Å². The second-order valence-electron chi connectivity index (χ2n) is 4.48. The zero-order chi connectivity index (χ0) is 15.0. The lowest BCUT2D eigenvalue weighted by Gasteiger charge is -2.08. The van der Waals surface area contributed by atoms with Crippen LogP contribution < -0.4 is 0 Å². The van der Waals surface area contributed by atoms with Gasteiger partial charge in [0.25, 0.3) is 0 Å². The van der Waals surface area contributed by atoms with E-state index in [9.17, 15) is 13.2 Å². The summed E-state index contributed by atoms with van der Waals surface area (Å²) in [5.74, 6) is 0.392. The van der Waals surface area contributed by atoms with Crippen molar-refractivity contribution in [3.8, 4) is 11.4 Å². The molecule has 0 aliphatic heterocycles.